The van der Waals surface area contributed by atoms with E-state index in [4.69, 9.17) is 0 Å². The quantitative estimate of drug-likeness (QED) is 0.524. The molecule has 1 rings (SSSR count). The lowest BCUT2D eigenvalue weighted by atomic mass is 9.85. The summed E-state index contributed by atoms with van der Waals surface area (Å²) in [4.78, 5) is 0. The van der Waals surface area contributed by atoms with E-state index in [1.807, 2.05) is 13.8 Å². The molecule has 0 saturated carbocycles. The molecule has 0 amide bonds. The van der Waals surface area contributed by atoms with E-state index in [-0.39, 0.29) is 11.6 Å². The molecule has 0 aromatic heterocycles. The molecule has 1 aliphatic rings. The lowest BCUT2D eigenvalue weighted by Crippen LogP contribution is -2.55. The number of aliphatic hydroxyl groups excluding tert-OH is 1. The Morgan fingerprint density at radius 3 is 2.50 bits per heavy atom. The summed E-state index contributed by atoms with van der Waals surface area (Å²) >= 11 is 0. The Bertz CT molecular complexity index is 122. The number of aliphatic hydroxyl groups is 1. The van der Waals surface area contributed by atoms with E-state index >= 15 is 0 Å². The number of hydrogen-bond acceptors (Lipinski definition) is 2. The lowest BCUT2D eigenvalue weighted by molar-refractivity contribution is 0.0319. The van der Waals surface area contributed by atoms with E-state index in [2.05, 4.69) is 12.2 Å². The summed E-state index contributed by atoms with van der Waals surface area (Å²) in [6.45, 7) is 7.28. The molecule has 1 aliphatic heterocycles. The van der Waals surface area contributed by atoms with Crippen LogP contribution in [0.1, 0.15) is 27.2 Å². The van der Waals surface area contributed by atoms with Crippen LogP contribution < -0.4 is 5.32 Å². The monoisotopic (exact) mass is 143 g/mol. The highest BCUT2D eigenvalue weighted by Crippen LogP contribution is 2.21. The largest absolute Gasteiger partial charge is 0.391 e. The first-order valence-corrected chi connectivity index (χ1v) is 3.95. The Kier molecular flexibility index (Phi) is 2.02. The normalized spacial score (nSPS) is 39.6. The van der Waals surface area contributed by atoms with Gasteiger partial charge in [0.05, 0.1) is 6.10 Å². The standard InChI is InChI=1S/C8H17NO/c1-6-4-7(10)8(2,3)9-5-6/h6-7,9-10H,4-5H2,1-3H3/t6?,7-/m1/s1. The summed E-state index contributed by atoms with van der Waals surface area (Å²) < 4.78 is 0. The van der Waals surface area contributed by atoms with Gasteiger partial charge in [-0.1, -0.05) is 6.92 Å². The van der Waals surface area contributed by atoms with Crippen molar-refractivity contribution >= 4 is 0 Å². The molecule has 0 aromatic rings. The maximum Gasteiger partial charge on any atom is 0.0719 e. The molecular weight excluding hydrogens is 126 g/mol. The van der Waals surface area contributed by atoms with Crippen LogP contribution in [0.25, 0.3) is 0 Å². The van der Waals surface area contributed by atoms with E-state index in [1.54, 1.807) is 0 Å². The topological polar surface area (TPSA) is 32.3 Å². The minimum Gasteiger partial charge on any atom is -0.391 e. The van der Waals surface area contributed by atoms with Crippen LogP contribution in [0, 0.1) is 5.92 Å². The molecule has 0 aliphatic carbocycles. The Balaban J connectivity index is 2.52. The van der Waals surface area contributed by atoms with Crippen molar-refractivity contribution in [2.24, 2.45) is 5.92 Å². The second-order valence-electron chi connectivity index (χ2n) is 3.96. The molecule has 1 saturated heterocycles. The minimum absolute atomic E-state index is 0.0769. The molecule has 2 atom stereocenters. The molecule has 0 bridgehead atoms. The lowest BCUT2D eigenvalue weighted by Gasteiger charge is -2.39. The van der Waals surface area contributed by atoms with Crippen LogP contribution in [-0.4, -0.2) is 23.3 Å². The maximum atomic E-state index is 9.54. The summed E-state index contributed by atoms with van der Waals surface area (Å²) in [5.41, 5.74) is -0.0769. The fourth-order valence-electron chi connectivity index (χ4n) is 1.31. The molecule has 1 heterocycles. The van der Waals surface area contributed by atoms with E-state index in [1.165, 1.54) is 0 Å². The highest BCUT2D eigenvalue weighted by molar-refractivity contribution is 4.91. The molecule has 0 aromatic carbocycles. The van der Waals surface area contributed by atoms with Gasteiger partial charge in [0.25, 0.3) is 0 Å². The van der Waals surface area contributed by atoms with Crippen molar-refractivity contribution in [2.75, 3.05) is 6.54 Å². The van der Waals surface area contributed by atoms with Crippen LogP contribution in [0.4, 0.5) is 0 Å². The zero-order valence-electron chi connectivity index (χ0n) is 7.02. The van der Waals surface area contributed by atoms with Gasteiger partial charge < -0.3 is 10.4 Å². The van der Waals surface area contributed by atoms with Crippen LogP contribution in [0.3, 0.4) is 0 Å². The first kappa shape index (κ1) is 8.02. The Labute approximate surface area is 62.6 Å². The Hall–Kier alpha value is -0.0800. The summed E-state index contributed by atoms with van der Waals surface area (Å²) in [5.74, 6) is 0.614. The first-order valence-electron chi connectivity index (χ1n) is 3.95. The predicted octanol–water partition coefficient (Wildman–Crippen LogP) is 0.755. The van der Waals surface area contributed by atoms with E-state index in [9.17, 15) is 5.11 Å². The molecule has 10 heavy (non-hydrogen) atoms. The van der Waals surface area contributed by atoms with Gasteiger partial charge in [-0.15, -0.1) is 0 Å². The third-order valence-corrected chi connectivity index (χ3v) is 2.36. The van der Waals surface area contributed by atoms with Gasteiger partial charge >= 0.3 is 0 Å². The van der Waals surface area contributed by atoms with E-state index in [0.717, 1.165) is 13.0 Å². The molecule has 2 N–H and O–H groups in total. The van der Waals surface area contributed by atoms with Crippen molar-refractivity contribution in [2.45, 2.75) is 38.8 Å². The van der Waals surface area contributed by atoms with Gasteiger partial charge in [-0.2, -0.15) is 0 Å². The molecule has 0 spiro atoms. The maximum absolute atomic E-state index is 9.54. The van der Waals surface area contributed by atoms with Crippen molar-refractivity contribution in [1.29, 1.82) is 0 Å². The minimum atomic E-state index is -0.184. The molecular formula is C8H17NO. The highest BCUT2D eigenvalue weighted by atomic mass is 16.3. The van der Waals surface area contributed by atoms with Crippen LogP contribution in [0.2, 0.25) is 0 Å². The third kappa shape index (κ3) is 1.50. The van der Waals surface area contributed by atoms with Crippen molar-refractivity contribution in [1.82, 2.24) is 5.32 Å². The van der Waals surface area contributed by atoms with E-state index < -0.39 is 0 Å². The highest BCUT2D eigenvalue weighted by Gasteiger charge is 2.32. The van der Waals surface area contributed by atoms with Gasteiger partial charge in [0.15, 0.2) is 0 Å². The third-order valence-electron chi connectivity index (χ3n) is 2.36. The van der Waals surface area contributed by atoms with Gasteiger partial charge in [0.2, 0.25) is 0 Å². The fraction of sp³-hybridized carbons (Fsp3) is 1.00. The predicted molar refractivity (Wildman–Crippen MR) is 41.9 cm³/mol. The van der Waals surface area contributed by atoms with Crippen molar-refractivity contribution in [3.05, 3.63) is 0 Å². The zero-order chi connectivity index (χ0) is 7.78. The first-order chi connectivity index (χ1) is 4.52. The zero-order valence-corrected chi connectivity index (χ0v) is 7.02. The molecule has 1 fully saturated rings. The average molecular weight is 143 g/mol. The van der Waals surface area contributed by atoms with Crippen LogP contribution >= 0.6 is 0 Å². The van der Waals surface area contributed by atoms with E-state index in [0.29, 0.717) is 5.92 Å². The SMILES string of the molecule is CC1CNC(C)(C)[C@H](O)C1. The second-order valence-corrected chi connectivity index (χ2v) is 3.96. The number of nitrogens with one attached hydrogen (secondary N) is 1. The number of piperidine rings is 1. The molecule has 0 radical (unpaired) electrons. The second kappa shape index (κ2) is 2.51. The van der Waals surface area contributed by atoms with Crippen molar-refractivity contribution < 1.29 is 5.11 Å². The van der Waals surface area contributed by atoms with Crippen molar-refractivity contribution in [3.63, 3.8) is 0 Å². The van der Waals surface area contributed by atoms with Crippen molar-refractivity contribution in [3.8, 4) is 0 Å². The van der Waals surface area contributed by atoms with Crippen LogP contribution in [0.15, 0.2) is 0 Å². The smallest absolute Gasteiger partial charge is 0.0719 e. The summed E-state index contributed by atoms with van der Waals surface area (Å²) in [6.07, 6.45) is 0.747. The number of hydrogen-bond donors (Lipinski definition) is 2. The molecule has 2 nitrogen and oxygen atoms in total. The Morgan fingerprint density at radius 1 is 1.50 bits per heavy atom. The van der Waals surface area contributed by atoms with Crippen LogP contribution in [-0.2, 0) is 0 Å². The molecule has 60 valence electrons. The fourth-order valence-corrected chi connectivity index (χ4v) is 1.31. The Morgan fingerprint density at radius 2 is 2.10 bits per heavy atom. The van der Waals surface area contributed by atoms with Crippen LogP contribution in [0.5, 0.6) is 0 Å². The van der Waals surface area contributed by atoms with Gasteiger partial charge in [-0.25, -0.2) is 0 Å². The summed E-state index contributed by atoms with van der Waals surface area (Å²) in [7, 11) is 0. The average Bonchev–Trinajstić information content (AvgIpc) is 1.81. The van der Waals surface area contributed by atoms with Gasteiger partial charge in [-0.05, 0) is 32.7 Å². The van der Waals surface area contributed by atoms with Gasteiger partial charge in [0, 0.05) is 5.54 Å². The van der Waals surface area contributed by atoms with Gasteiger partial charge in [-0.3, -0.25) is 0 Å². The molecule has 1 unspecified atom stereocenters. The number of rotatable bonds is 0. The summed E-state index contributed by atoms with van der Waals surface area (Å²) in [6, 6.07) is 0. The molecule has 2 heteroatoms. The summed E-state index contributed by atoms with van der Waals surface area (Å²) in [5, 5.41) is 12.9. The van der Waals surface area contributed by atoms with Gasteiger partial charge in [0.1, 0.15) is 0 Å².